The fraction of sp³-hybridized carbons (Fsp3) is 0.0588. The summed E-state index contributed by atoms with van der Waals surface area (Å²) in [6.45, 7) is 1.92. The van der Waals surface area contributed by atoms with E-state index in [1.165, 1.54) is 0 Å². The summed E-state index contributed by atoms with van der Waals surface area (Å²) in [5.74, 6) is -0.117. The first-order chi connectivity index (χ1) is 10.1. The Kier molecular flexibility index (Phi) is 3.71. The third-order valence-corrected chi connectivity index (χ3v) is 3.83. The maximum Gasteiger partial charge on any atom is 0.255 e. The molecule has 3 rings (SSSR count). The van der Waals surface area contributed by atoms with Crippen molar-refractivity contribution in [2.75, 3.05) is 5.32 Å². The number of aromatic nitrogens is 1. The van der Waals surface area contributed by atoms with Crippen LogP contribution in [-0.2, 0) is 0 Å². The van der Waals surface area contributed by atoms with E-state index in [1.54, 1.807) is 18.5 Å². The molecule has 0 aliphatic heterocycles. The number of nitrogens with zero attached hydrogens (tertiary/aromatic N) is 1. The Morgan fingerprint density at radius 2 is 1.86 bits per heavy atom. The van der Waals surface area contributed by atoms with E-state index in [-0.39, 0.29) is 5.91 Å². The molecule has 0 aliphatic rings. The molecule has 2 aromatic carbocycles. The zero-order valence-electron chi connectivity index (χ0n) is 11.4. The first-order valence-corrected chi connectivity index (χ1v) is 7.34. The number of pyridine rings is 1. The van der Waals surface area contributed by atoms with Crippen molar-refractivity contribution in [3.63, 3.8) is 0 Å². The van der Waals surface area contributed by atoms with Gasteiger partial charge in [0.1, 0.15) is 0 Å². The van der Waals surface area contributed by atoms with Crippen LogP contribution in [0.1, 0.15) is 15.9 Å². The average Bonchev–Trinajstić information content (AvgIpc) is 2.49. The second-order valence-electron chi connectivity index (χ2n) is 4.85. The Morgan fingerprint density at radius 1 is 1.10 bits per heavy atom. The van der Waals surface area contributed by atoms with Crippen molar-refractivity contribution in [3.05, 3.63) is 70.5 Å². The Bertz CT molecular complexity index is 830. The number of anilines is 1. The largest absolute Gasteiger partial charge is 0.322 e. The normalized spacial score (nSPS) is 10.6. The molecule has 1 amide bonds. The molecule has 4 heteroatoms. The molecular formula is C17H13BrN2O. The molecule has 0 unspecified atom stereocenters. The van der Waals surface area contributed by atoms with Crippen LogP contribution in [0.3, 0.4) is 0 Å². The summed E-state index contributed by atoms with van der Waals surface area (Å²) in [7, 11) is 0. The van der Waals surface area contributed by atoms with Gasteiger partial charge in [-0.3, -0.25) is 9.78 Å². The van der Waals surface area contributed by atoms with Gasteiger partial charge in [-0.2, -0.15) is 0 Å². The highest BCUT2D eigenvalue weighted by molar-refractivity contribution is 9.10. The van der Waals surface area contributed by atoms with E-state index < -0.39 is 0 Å². The number of benzene rings is 2. The average molecular weight is 341 g/mol. The van der Waals surface area contributed by atoms with Crippen LogP contribution in [-0.4, -0.2) is 10.9 Å². The third kappa shape index (κ3) is 2.95. The molecule has 1 N–H and O–H groups in total. The predicted molar refractivity (Wildman–Crippen MR) is 88.6 cm³/mol. The summed E-state index contributed by atoms with van der Waals surface area (Å²) in [4.78, 5) is 16.4. The number of carbonyl (C=O) groups excluding carboxylic acids is 1. The molecule has 0 radical (unpaired) electrons. The standard InChI is InChI=1S/C17H13BrN2O/c1-11-10-19-7-6-16(11)20-17(21)14-3-2-13-9-15(18)5-4-12(13)8-14/h2-10H,1H3,(H,19,20,21). The summed E-state index contributed by atoms with van der Waals surface area (Å²) in [6.07, 6.45) is 3.40. The molecule has 21 heavy (non-hydrogen) atoms. The first kappa shape index (κ1) is 13.8. The maximum absolute atomic E-state index is 12.3. The zero-order valence-corrected chi connectivity index (χ0v) is 13.0. The van der Waals surface area contributed by atoms with E-state index in [1.807, 2.05) is 43.3 Å². The summed E-state index contributed by atoms with van der Waals surface area (Å²) in [6, 6.07) is 13.5. The number of carbonyl (C=O) groups is 1. The number of aryl methyl sites for hydroxylation is 1. The molecule has 0 bridgehead atoms. The molecule has 0 aliphatic carbocycles. The number of hydrogen-bond acceptors (Lipinski definition) is 2. The van der Waals surface area contributed by atoms with Crippen LogP contribution in [0.25, 0.3) is 10.8 Å². The molecule has 0 fully saturated rings. The van der Waals surface area contributed by atoms with Gasteiger partial charge in [0.25, 0.3) is 5.91 Å². The molecule has 3 aromatic rings. The number of rotatable bonds is 2. The monoisotopic (exact) mass is 340 g/mol. The molecule has 3 nitrogen and oxygen atoms in total. The fourth-order valence-corrected chi connectivity index (χ4v) is 2.54. The lowest BCUT2D eigenvalue weighted by Gasteiger charge is -2.08. The van der Waals surface area contributed by atoms with E-state index in [9.17, 15) is 4.79 Å². The van der Waals surface area contributed by atoms with Crippen molar-refractivity contribution in [1.82, 2.24) is 4.98 Å². The number of nitrogens with one attached hydrogen (secondary N) is 1. The van der Waals surface area contributed by atoms with Gasteiger partial charge >= 0.3 is 0 Å². The van der Waals surface area contributed by atoms with Gasteiger partial charge in [0.2, 0.25) is 0 Å². The van der Waals surface area contributed by atoms with Gasteiger partial charge < -0.3 is 5.32 Å². The van der Waals surface area contributed by atoms with Gasteiger partial charge in [-0.25, -0.2) is 0 Å². The van der Waals surface area contributed by atoms with Gasteiger partial charge in [-0.15, -0.1) is 0 Å². The van der Waals surface area contributed by atoms with Crippen LogP contribution in [0.5, 0.6) is 0 Å². The van der Waals surface area contributed by atoms with Gasteiger partial charge in [0.05, 0.1) is 0 Å². The second kappa shape index (κ2) is 5.66. The van der Waals surface area contributed by atoms with Crippen LogP contribution in [0.15, 0.2) is 59.3 Å². The highest BCUT2D eigenvalue weighted by atomic mass is 79.9. The van der Waals surface area contributed by atoms with Crippen molar-refractivity contribution in [1.29, 1.82) is 0 Å². The van der Waals surface area contributed by atoms with E-state index in [0.29, 0.717) is 5.56 Å². The van der Waals surface area contributed by atoms with Crippen molar-refractivity contribution >= 4 is 38.3 Å². The van der Waals surface area contributed by atoms with Crippen molar-refractivity contribution < 1.29 is 4.79 Å². The Labute approximate surface area is 131 Å². The molecule has 0 saturated carbocycles. The Balaban J connectivity index is 1.91. The minimum absolute atomic E-state index is 0.117. The van der Waals surface area contributed by atoms with Crippen LogP contribution in [0, 0.1) is 6.92 Å². The lowest BCUT2D eigenvalue weighted by molar-refractivity contribution is 0.102. The number of halogens is 1. The highest BCUT2D eigenvalue weighted by Crippen LogP contribution is 2.22. The topological polar surface area (TPSA) is 42.0 Å². The lowest BCUT2D eigenvalue weighted by atomic mass is 10.1. The SMILES string of the molecule is Cc1cnccc1NC(=O)c1ccc2cc(Br)ccc2c1. The maximum atomic E-state index is 12.3. The number of hydrogen-bond donors (Lipinski definition) is 1. The van der Waals surface area contributed by atoms with Crippen LogP contribution >= 0.6 is 15.9 Å². The summed E-state index contributed by atoms with van der Waals surface area (Å²) >= 11 is 3.45. The van der Waals surface area contributed by atoms with Crippen LogP contribution < -0.4 is 5.32 Å². The molecule has 104 valence electrons. The summed E-state index contributed by atoms with van der Waals surface area (Å²) in [5.41, 5.74) is 2.36. The fourth-order valence-electron chi connectivity index (χ4n) is 2.17. The van der Waals surface area contributed by atoms with Gasteiger partial charge in [0, 0.05) is 28.1 Å². The Hall–Kier alpha value is -2.20. The minimum atomic E-state index is -0.117. The second-order valence-corrected chi connectivity index (χ2v) is 5.77. The number of amides is 1. The zero-order chi connectivity index (χ0) is 14.8. The van der Waals surface area contributed by atoms with Crippen LogP contribution in [0.2, 0.25) is 0 Å². The van der Waals surface area contributed by atoms with E-state index >= 15 is 0 Å². The van der Waals surface area contributed by atoms with E-state index in [4.69, 9.17) is 0 Å². The van der Waals surface area contributed by atoms with Crippen molar-refractivity contribution in [2.45, 2.75) is 6.92 Å². The van der Waals surface area contributed by atoms with Gasteiger partial charge in [0.15, 0.2) is 0 Å². The molecule has 0 spiro atoms. The summed E-state index contributed by atoms with van der Waals surface area (Å²) in [5, 5.41) is 5.05. The molecule has 0 saturated heterocycles. The minimum Gasteiger partial charge on any atom is -0.322 e. The van der Waals surface area contributed by atoms with Crippen molar-refractivity contribution in [2.24, 2.45) is 0 Å². The number of fused-ring (bicyclic) bond motifs is 1. The lowest BCUT2D eigenvalue weighted by Crippen LogP contribution is -2.12. The Morgan fingerprint density at radius 3 is 2.67 bits per heavy atom. The van der Waals surface area contributed by atoms with E-state index in [2.05, 4.69) is 26.2 Å². The molecule has 1 heterocycles. The molecule has 0 atom stereocenters. The van der Waals surface area contributed by atoms with Gasteiger partial charge in [-0.1, -0.05) is 28.1 Å². The van der Waals surface area contributed by atoms with Crippen molar-refractivity contribution in [3.8, 4) is 0 Å². The third-order valence-electron chi connectivity index (χ3n) is 3.33. The molecule has 1 aromatic heterocycles. The van der Waals surface area contributed by atoms with E-state index in [0.717, 1.165) is 26.5 Å². The predicted octanol–water partition coefficient (Wildman–Crippen LogP) is 4.56. The quantitative estimate of drug-likeness (QED) is 0.743. The summed E-state index contributed by atoms with van der Waals surface area (Å²) < 4.78 is 1.03. The smallest absolute Gasteiger partial charge is 0.255 e. The first-order valence-electron chi connectivity index (χ1n) is 6.55. The van der Waals surface area contributed by atoms with Crippen LogP contribution in [0.4, 0.5) is 5.69 Å². The molecular weight excluding hydrogens is 328 g/mol. The highest BCUT2D eigenvalue weighted by Gasteiger charge is 2.08. The van der Waals surface area contributed by atoms with Gasteiger partial charge in [-0.05, 0) is 53.6 Å².